The van der Waals surface area contributed by atoms with Crippen molar-refractivity contribution in [2.75, 3.05) is 0 Å². The third-order valence-corrected chi connectivity index (χ3v) is 0.960. The largest absolute Gasteiger partial charge is 0.368 e. The number of aromatic amines is 1. The summed E-state index contributed by atoms with van der Waals surface area (Å²) in [6.07, 6.45) is 3.62. The van der Waals surface area contributed by atoms with Gasteiger partial charge in [0.1, 0.15) is 0 Å². The highest BCUT2D eigenvalue weighted by molar-refractivity contribution is 7.71. The number of hydrogen-bond acceptors (Lipinski definition) is 1. The molecule has 0 aliphatic rings. The van der Waals surface area contributed by atoms with Crippen molar-refractivity contribution in [3.63, 3.8) is 0 Å². The van der Waals surface area contributed by atoms with Gasteiger partial charge in [-0.2, -0.15) is 0 Å². The molecule has 1 N–H and O–H groups in total. The van der Waals surface area contributed by atoms with Gasteiger partial charge in [-0.1, -0.05) is 12.2 Å². The zero-order valence-corrected chi connectivity index (χ0v) is 5.76. The smallest absolute Gasteiger partial charge is 0.0406 e. The molecule has 1 aromatic rings. The van der Waals surface area contributed by atoms with Gasteiger partial charge in [0, 0.05) is 16.9 Å². The highest BCUT2D eigenvalue weighted by atomic mass is 35.5. The first-order valence-corrected chi connectivity index (χ1v) is 2.43. The lowest BCUT2D eigenvalue weighted by Gasteiger charge is -1.75. The molecule has 0 aliphatic carbocycles. The van der Waals surface area contributed by atoms with E-state index in [1.807, 2.05) is 24.5 Å². The molecule has 0 spiro atoms. The molecule has 3 heteroatoms. The van der Waals surface area contributed by atoms with Gasteiger partial charge in [0.15, 0.2) is 0 Å². The first-order chi connectivity index (χ1) is 3.39. The van der Waals surface area contributed by atoms with E-state index in [-0.39, 0.29) is 12.4 Å². The Morgan fingerprint density at radius 3 is 2.00 bits per heavy atom. The Balaban J connectivity index is 0.000000490. The number of halogens is 1. The maximum absolute atomic E-state index is 4.79. The molecular formula is C5H6ClNS. The molecule has 0 saturated carbocycles. The maximum atomic E-state index is 4.79. The molecule has 0 bridgehead atoms. The number of hydrogen-bond donors (Lipinski definition) is 1. The van der Waals surface area contributed by atoms with Crippen LogP contribution in [0.25, 0.3) is 0 Å². The van der Waals surface area contributed by atoms with Crippen molar-refractivity contribution in [1.82, 2.24) is 4.98 Å². The van der Waals surface area contributed by atoms with Gasteiger partial charge >= 0.3 is 0 Å². The molecule has 0 amide bonds. The third kappa shape index (κ3) is 2.09. The van der Waals surface area contributed by atoms with Crippen molar-refractivity contribution in [1.29, 1.82) is 0 Å². The zero-order valence-electron chi connectivity index (χ0n) is 4.13. The van der Waals surface area contributed by atoms with E-state index in [1.54, 1.807) is 0 Å². The predicted molar refractivity (Wildman–Crippen MR) is 38.9 cm³/mol. The fourth-order valence-electron chi connectivity index (χ4n) is 0.372. The molecule has 0 atom stereocenters. The fourth-order valence-corrected chi connectivity index (χ4v) is 0.508. The minimum atomic E-state index is 0. The Hall–Kier alpha value is -0.340. The SMILES string of the molecule is Cl.S=c1cc[nH]cc1. The van der Waals surface area contributed by atoms with Gasteiger partial charge in [0.2, 0.25) is 0 Å². The van der Waals surface area contributed by atoms with Crippen LogP contribution in [0.15, 0.2) is 24.5 Å². The lowest BCUT2D eigenvalue weighted by molar-refractivity contribution is 1.32. The van der Waals surface area contributed by atoms with Crippen molar-refractivity contribution >= 4 is 24.6 Å². The Morgan fingerprint density at radius 2 is 1.75 bits per heavy atom. The standard InChI is InChI=1S/C5H5NS.ClH/c7-5-1-3-6-4-2-5;/h1-4H,(H,6,7);1H. The van der Waals surface area contributed by atoms with E-state index >= 15 is 0 Å². The van der Waals surface area contributed by atoms with Crippen LogP contribution in [0.1, 0.15) is 0 Å². The molecule has 0 aromatic carbocycles. The van der Waals surface area contributed by atoms with Gasteiger partial charge in [-0.25, -0.2) is 0 Å². The number of pyridine rings is 1. The van der Waals surface area contributed by atoms with Crippen molar-refractivity contribution < 1.29 is 0 Å². The van der Waals surface area contributed by atoms with Gasteiger partial charge in [0.25, 0.3) is 0 Å². The molecule has 0 saturated heterocycles. The second-order valence-electron chi connectivity index (χ2n) is 1.24. The second-order valence-corrected chi connectivity index (χ2v) is 1.71. The highest BCUT2D eigenvalue weighted by Gasteiger charge is 1.66. The van der Waals surface area contributed by atoms with Crippen molar-refractivity contribution in [2.24, 2.45) is 0 Å². The van der Waals surface area contributed by atoms with Crippen LogP contribution < -0.4 is 0 Å². The summed E-state index contributed by atoms with van der Waals surface area (Å²) in [6.45, 7) is 0. The van der Waals surface area contributed by atoms with E-state index in [1.165, 1.54) is 0 Å². The zero-order chi connectivity index (χ0) is 5.11. The van der Waals surface area contributed by atoms with Crippen LogP contribution in [0, 0.1) is 4.51 Å². The van der Waals surface area contributed by atoms with Crippen LogP contribution in [-0.2, 0) is 0 Å². The van der Waals surface area contributed by atoms with Crippen LogP contribution >= 0.6 is 24.6 Å². The normalized spacial score (nSPS) is 7.50. The van der Waals surface area contributed by atoms with E-state index in [2.05, 4.69) is 4.98 Å². The lowest BCUT2D eigenvalue weighted by atomic mass is 10.5. The van der Waals surface area contributed by atoms with Crippen LogP contribution in [0.5, 0.6) is 0 Å². The average Bonchev–Trinajstić information content (AvgIpc) is 1.69. The fraction of sp³-hybridized carbons (Fsp3) is 0. The maximum Gasteiger partial charge on any atom is 0.0406 e. The molecule has 1 heterocycles. The Bertz CT molecular complexity index is 178. The van der Waals surface area contributed by atoms with Crippen molar-refractivity contribution in [2.45, 2.75) is 0 Å². The predicted octanol–water partition coefficient (Wildman–Crippen LogP) is 2.17. The Kier molecular flexibility index (Phi) is 3.48. The summed E-state index contributed by atoms with van der Waals surface area (Å²) in [5, 5.41) is 0. The van der Waals surface area contributed by atoms with Gasteiger partial charge < -0.3 is 4.98 Å². The highest BCUT2D eigenvalue weighted by Crippen LogP contribution is 1.82. The van der Waals surface area contributed by atoms with E-state index in [4.69, 9.17) is 12.2 Å². The number of H-pyrrole nitrogens is 1. The monoisotopic (exact) mass is 147 g/mol. The molecule has 44 valence electrons. The minimum Gasteiger partial charge on any atom is -0.368 e. The third-order valence-electron chi connectivity index (χ3n) is 0.688. The Labute approximate surface area is 59.2 Å². The topological polar surface area (TPSA) is 15.8 Å². The number of rotatable bonds is 0. The van der Waals surface area contributed by atoms with Gasteiger partial charge in [-0.15, -0.1) is 12.4 Å². The quantitative estimate of drug-likeness (QED) is 0.557. The lowest BCUT2D eigenvalue weighted by Crippen LogP contribution is -1.62. The van der Waals surface area contributed by atoms with Crippen LogP contribution in [0.2, 0.25) is 0 Å². The van der Waals surface area contributed by atoms with Gasteiger partial charge in [-0.3, -0.25) is 0 Å². The molecule has 1 aromatic heterocycles. The van der Waals surface area contributed by atoms with Crippen molar-refractivity contribution in [3.05, 3.63) is 29.0 Å². The first kappa shape index (κ1) is 7.66. The molecule has 1 nitrogen and oxygen atoms in total. The minimum absolute atomic E-state index is 0. The molecule has 8 heavy (non-hydrogen) atoms. The molecule has 1 rings (SSSR count). The van der Waals surface area contributed by atoms with E-state index in [0.29, 0.717) is 0 Å². The average molecular weight is 148 g/mol. The second kappa shape index (κ2) is 3.64. The summed E-state index contributed by atoms with van der Waals surface area (Å²) in [4.78, 5) is 2.87. The van der Waals surface area contributed by atoms with E-state index < -0.39 is 0 Å². The van der Waals surface area contributed by atoms with E-state index in [0.717, 1.165) is 4.51 Å². The summed E-state index contributed by atoms with van der Waals surface area (Å²) in [5.74, 6) is 0. The molecule has 0 unspecified atom stereocenters. The number of nitrogens with one attached hydrogen (secondary N) is 1. The number of aromatic nitrogens is 1. The Morgan fingerprint density at radius 1 is 1.25 bits per heavy atom. The molecule has 0 aliphatic heterocycles. The summed E-state index contributed by atoms with van der Waals surface area (Å²) in [7, 11) is 0. The molecular weight excluding hydrogens is 142 g/mol. The van der Waals surface area contributed by atoms with E-state index in [9.17, 15) is 0 Å². The summed E-state index contributed by atoms with van der Waals surface area (Å²) < 4.78 is 0.874. The summed E-state index contributed by atoms with van der Waals surface area (Å²) in [6, 6.07) is 3.69. The first-order valence-electron chi connectivity index (χ1n) is 2.03. The van der Waals surface area contributed by atoms with Crippen molar-refractivity contribution in [3.8, 4) is 0 Å². The van der Waals surface area contributed by atoms with Crippen LogP contribution in [0.4, 0.5) is 0 Å². The molecule has 0 fully saturated rings. The van der Waals surface area contributed by atoms with Crippen LogP contribution in [-0.4, -0.2) is 4.98 Å². The summed E-state index contributed by atoms with van der Waals surface area (Å²) in [5.41, 5.74) is 0. The van der Waals surface area contributed by atoms with Crippen LogP contribution in [0.3, 0.4) is 0 Å². The van der Waals surface area contributed by atoms with Gasteiger partial charge in [0.05, 0.1) is 0 Å². The summed E-state index contributed by atoms with van der Waals surface area (Å²) >= 11 is 4.79. The molecule has 0 radical (unpaired) electrons. The van der Waals surface area contributed by atoms with Gasteiger partial charge in [-0.05, 0) is 12.1 Å².